The first kappa shape index (κ1) is 19.2. The number of amides is 1. The van der Waals surface area contributed by atoms with Crippen molar-refractivity contribution in [1.82, 2.24) is 14.2 Å². The van der Waals surface area contributed by atoms with E-state index in [9.17, 15) is 13.2 Å². The van der Waals surface area contributed by atoms with Gasteiger partial charge in [-0.1, -0.05) is 36.4 Å². The van der Waals surface area contributed by atoms with E-state index < -0.39 is 10.0 Å². The molecule has 1 aromatic heterocycles. The lowest BCUT2D eigenvalue weighted by molar-refractivity contribution is 0.0699. The lowest BCUT2D eigenvalue weighted by Gasteiger charge is -2.34. The van der Waals surface area contributed by atoms with Gasteiger partial charge in [0.2, 0.25) is 10.0 Å². The van der Waals surface area contributed by atoms with Crippen molar-refractivity contribution in [1.29, 1.82) is 0 Å². The number of hydrogen-bond acceptors (Lipinski definition) is 4. The fourth-order valence-corrected chi connectivity index (χ4v) is 5.93. The van der Waals surface area contributed by atoms with Gasteiger partial charge in [0.05, 0.1) is 16.0 Å². The minimum absolute atomic E-state index is 0.0106. The van der Waals surface area contributed by atoms with Gasteiger partial charge >= 0.3 is 0 Å². The zero-order chi connectivity index (χ0) is 20.7. The van der Waals surface area contributed by atoms with Crippen molar-refractivity contribution in [3.63, 3.8) is 0 Å². The topological polar surface area (TPSA) is 70.6 Å². The average Bonchev–Trinajstić information content (AvgIpc) is 3.25. The summed E-state index contributed by atoms with van der Waals surface area (Å²) in [7, 11) is -3.53. The third kappa shape index (κ3) is 3.18. The quantitative estimate of drug-likeness (QED) is 0.652. The fraction of sp³-hybridized carbons (Fsp3) is 0.304. The zero-order valence-electron chi connectivity index (χ0n) is 16.6. The highest BCUT2D eigenvalue weighted by Crippen LogP contribution is 2.31. The molecule has 1 amide bonds. The van der Waals surface area contributed by atoms with Gasteiger partial charge in [-0.05, 0) is 43.0 Å². The van der Waals surface area contributed by atoms with E-state index in [2.05, 4.69) is 0 Å². The summed E-state index contributed by atoms with van der Waals surface area (Å²) in [5.41, 5.74) is 3.71. The normalized spacial score (nSPS) is 17.3. The Bertz CT molecular complexity index is 1220. The number of aryl methyl sites for hydroxylation is 1. The highest BCUT2D eigenvalue weighted by Gasteiger charge is 2.32. The Hall–Kier alpha value is -2.77. The van der Waals surface area contributed by atoms with Gasteiger partial charge in [0, 0.05) is 37.3 Å². The number of benzene rings is 2. The van der Waals surface area contributed by atoms with Gasteiger partial charge in [-0.15, -0.1) is 0 Å². The summed E-state index contributed by atoms with van der Waals surface area (Å²) in [5.74, 6) is -0.0106. The maximum atomic E-state index is 13.5. The van der Waals surface area contributed by atoms with Crippen LogP contribution in [-0.2, 0) is 22.9 Å². The molecule has 2 aliphatic rings. The molecule has 0 saturated carbocycles. The van der Waals surface area contributed by atoms with E-state index in [1.807, 2.05) is 24.3 Å². The molecular formula is C23H23N3O3S. The summed E-state index contributed by atoms with van der Waals surface area (Å²) < 4.78 is 27.2. The number of pyridine rings is 1. The average molecular weight is 422 g/mol. The third-order valence-electron chi connectivity index (χ3n) is 6.04. The van der Waals surface area contributed by atoms with E-state index in [-0.39, 0.29) is 5.91 Å². The van der Waals surface area contributed by atoms with Crippen LogP contribution in [0.4, 0.5) is 0 Å². The predicted octanol–water partition coefficient (Wildman–Crippen LogP) is 2.87. The van der Waals surface area contributed by atoms with Crippen molar-refractivity contribution in [2.45, 2.75) is 24.2 Å². The third-order valence-corrected chi connectivity index (χ3v) is 7.95. The Morgan fingerprint density at radius 1 is 0.867 bits per heavy atom. The van der Waals surface area contributed by atoms with E-state index in [0.717, 1.165) is 47.0 Å². The van der Waals surface area contributed by atoms with Gasteiger partial charge in [0.25, 0.3) is 5.91 Å². The number of carbonyl (C=O) groups is 1. The summed E-state index contributed by atoms with van der Waals surface area (Å²) in [5, 5.41) is 0.891. The Balaban J connectivity index is 1.41. The highest BCUT2D eigenvalue weighted by molar-refractivity contribution is 7.89. The maximum Gasteiger partial charge on any atom is 0.254 e. The van der Waals surface area contributed by atoms with Crippen LogP contribution in [0, 0.1) is 0 Å². The summed E-state index contributed by atoms with van der Waals surface area (Å²) in [4.78, 5) is 20.4. The Morgan fingerprint density at radius 2 is 1.57 bits per heavy atom. The molecule has 1 aliphatic carbocycles. The summed E-state index contributed by atoms with van der Waals surface area (Å²) in [6.45, 7) is 1.37. The molecule has 1 saturated heterocycles. The van der Waals surface area contributed by atoms with Crippen LogP contribution in [0.3, 0.4) is 0 Å². The molecule has 0 N–H and O–H groups in total. The minimum atomic E-state index is -3.53. The number of carbonyl (C=O) groups excluding carboxylic acids is 1. The van der Waals surface area contributed by atoms with E-state index in [0.29, 0.717) is 31.1 Å². The minimum Gasteiger partial charge on any atom is -0.336 e. The second kappa shape index (κ2) is 7.49. The molecule has 1 fully saturated rings. The Labute approximate surface area is 176 Å². The first-order valence-corrected chi connectivity index (χ1v) is 11.7. The van der Waals surface area contributed by atoms with Crippen LogP contribution in [0.5, 0.6) is 0 Å². The van der Waals surface area contributed by atoms with Crippen molar-refractivity contribution < 1.29 is 13.2 Å². The van der Waals surface area contributed by atoms with Crippen molar-refractivity contribution in [2.75, 3.05) is 26.2 Å². The lowest BCUT2D eigenvalue weighted by Crippen LogP contribution is -2.50. The second-order valence-corrected chi connectivity index (χ2v) is 9.73. The molecule has 6 nitrogen and oxygen atoms in total. The number of piperazine rings is 1. The van der Waals surface area contributed by atoms with Crippen LogP contribution in [0.15, 0.2) is 59.5 Å². The molecular weight excluding hydrogens is 398 g/mol. The molecule has 0 radical (unpaired) electrons. The highest BCUT2D eigenvalue weighted by atomic mass is 32.2. The Kier molecular flexibility index (Phi) is 4.79. The smallest absolute Gasteiger partial charge is 0.254 e. The molecule has 30 heavy (non-hydrogen) atoms. The summed E-state index contributed by atoms with van der Waals surface area (Å²) in [6, 6.07) is 16.3. The zero-order valence-corrected chi connectivity index (χ0v) is 17.4. The molecule has 2 aromatic carbocycles. The maximum absolute atomic E-state index is 13.5. The van der Waals surface area contributed by atoms with Crippen LogP contribution < -0.4 is 0 Å². The molecule has 5 rings (SSSR count). The summed E-state index contributed by atoms with van der Waals surface area (Å²) >= 11 is 0. The van der Waals surface area contributed by atoms with E-state index >= 15 is 0 Å². The Morgan fingerprint density at radius 3 is 2.33 bits per heavy atom. The standard InChI is InChI=1S/C23H23N3O3S/c27-23(22-18-9-4-5-11-20(18)24-21-12-6-10-19(21)22)25-13-15-26(16-14-25)30(28,29)17-7-2-1-3-8-17/h1-5,7-9,11H,6,10,12-16H2. The molecule has 0 unspecified atom stereocenters. The van der Waals surface area contributed by atoms with E-state index in [4.69, 9.17) is 4.98 Å². The van der Waals surface area contributed by atoms with Crippen molar-refractivity contribution in [2.24, 2.45) is 0 Å². The molecule has 3 aromatic rings. The van der Waals surface area contributed by atoms with E-state index in [1.165, 1.54) is 4.31 Å². The first-order chi connectivity index (χ1) is 14.6. The van der Waals surface area contributed by atoms with Gasteiger partial charge in [-0.25, -0.2) is 8.42 Å². The van der Waals surface area contributed by atoms with Crippen molar-refractivity contribution >= 4 is 26.8 Å². The second-order valence-electron chi connectivity index (χ2n) is 7.79. The van der Waals surface area contributed by atoms with Crippen LogP contribution in [-0.4, -0.2) is 54.7 Å². The van der Waals surface area contributed by atoms with Gasteiger partial charge < -0.3 is 4.90 Å². The fourth-order valence-electron chi connectivity index (χ4n) is 4.49. The van der Waals surface area contributed by atoms with Crippen LogP contribution in [0.1, 0.15) is 28.0 Å². The molecule has 0 bridgehead atoms. The van der Waals surface area contributed by atoms with Gasteiger partial charge in [-0.3, -0.25) is 9.78 Å². The number of rotatable bonds is 3. The SMILES string of the molecule is O=C(c1c2c(nc3ccccc13)CCC2)N1CCN(S(=O)(=O)c2ccccc2)CC1. The van der Waals surface area contributed by atoms with Crippen molar-refractivity contribution in [3.8, 4) is 0 Å². The van der Waals surface area contributed by atoms with E-state index in [1.54, 1.807) is 35.2 Å². The number of para-hydroxylation sites is 1. The number of hydrogen-bond donors (Lipinski definition) is 0. The number of sulfonamides is 1. The predicted molar refractivity (Wildman–Crippen MR) is 115 cm³/mol. The molecule has 0 atom stereocenters. The number of fused-ring (bicyclic) bond motifs is 2. The van der Waals surface area contributed by atoms with Crippen LogP contribution in [0.2, 0.25) is 0 Å². The molecule has 7 heteroatoms. The number of nitrogens with zero attached hydrogens (tertiary/aromatic N) is 3. The van der Waals surface area contributed by atoms with Crippen LogP contribution >= 0.6 is 0 Å². The molecule has 1 aliphatic heterocycles. The van der Waals surface area contributed by atoms with Gasteiger partial charge in [0.15, 0.2) is 0 Å². The molecule has 0 spiro atoms. The molecule has 154 valence electrons. The first-order valence-electron chi connectivity index (χ1n) is 10.3. The number of aromatic nitrogens is 1. The largest absolute Gasteiger partial charge is 0.336 e. The summed E-state index contributed by atoms with van der Waals surface area (Å²) in [6.07, 6.45) is 2.79. The van der Waals surface area contributed by atoms with Gasteiger partial charge in [0.1, 0.15) is 0 Å². The monoisotopic (exact) mass is 421 g/mol. The van der Waals surface area contributed by atoms with Crippen molar-refractivity contribution in [3.05, 3.63) is 71.4 Å². The molecule has 2 heterocycles. The van der Waals surface area contributed by atoms with Crippen LogP contribution in [0.25, 0.3) is 10.9 Å². The van der Waals surface area contributed by atoms with Gasteiger partial charge in [-0.2, -0.15) is 4.31 Å². The lowest BCUT2D eigenvalue weighted by atomic mass is 10.00.